The van der Waals surface area contributed by atoms with Crippen LogP contribution in [0.25, 0.3) is 33.2 Å². The van der Waals surface area contributed by atoms with Crippen LogP contribution in [0.2, 0.25) is 0 Å². The average molecular weight is 599 g/mol. The van der Waals surface area contributed by atoms with Gasteiger partial charge in [0.15, 0.2) is 9.84 Å². The highest BCUT2D eigenvalue weighted by Gasteiger charge is 2.33. The zero-order chi connectivity index (χ0) is 32.1. The quantitative estimate of drug-likeness (QED) is 0.237. The molecule has 12 heteroatoms. The average Bonchev–Trinajstić information content (AvgIpc) is 3.55. The summed E-state index contributed by atoms with van der Waals surface area (Å²) in [7, 11) is -2.28. The fraction of sp³-hybridized carbons (Fsp3) is 0.367. The normalized spacial score (nSPS) is 16.9. The lowest BCUT2D eigenvalue weighted by atomic mass is 9.86. The van der Waals surface area contributed by atoms with E-state index in [1.807, 2.05) is 34.9 Å². The first-order valence-electron chi connectivity index (χ1n) is 15.0. The van der Waals surface area contributed by atoms with Crippen molar-refractivity contribution in [2.45, 2.75) is 37.1 Å². The smallest absolute Gasteiger partial charge is 0.272 e. The van der Waals surface area contributed by atoms with Crippen molar-refractivity contribution in [3.05, 3.63) is 66.0 Å². The molecule has 1 aliphatic rings. The van der Waals surface area contributed by atoms with E-state index in [1.165, 1.54) is 23.0 Å². The van der Waals surface area contributed by atoms with Gasteiger partial charge in [-0.3, -0.25) is 4.98 Å². The van der Waals surface area contributed by atoms with Gasteiger partial charge in [0.05, 0.1) is 44.3 Å². The van der Waals surface area contributed by atoms with E-state index in [2.05, 4.69) is 10.3 Å². The number of nitrogens with zero attached hydrogens (tertiary/aromatic N) is 5. The van der Waals surface area contributed by atoms with Crippen LogP contribution in [0.3, 0.4) is 0 Å². The maximum atomic E-state index is 13.4. The number of sulfone groups is 1. The number of ether oxygens (including phenoxy) is 2. The Morgan fingerprint density at radius 2 is 1.93 bits per heavy atom. The van der Waals surface area contributed by atoms with Crippen LogP contribution >= 0.6 is 0 Å². The second-order valence-corrected chi connectivity index (χ2v) is 12.4. The van der Waals surface area contributed by atoms with Gasteiger partial charge in [-0.25, -0.2) is 21.9 Å². The van der Waals surface area contributed by atoms with Crippen molar-refractivity contribution >= 4 is 31.8 Å². The molecule has 0 N–H and O–H groups in total. The molecule has 1 atom stereocenters. The summed E-state index contributed by atoms with van der Waals surface area (Å²) in [6.07, 6.45) is 1.14. The molecular weight excluding hydrogens is 564 g/mol. The molecule has 6 rings (SSSR count). The molecule has 0 aliphatic carbocycles. The molecule has 1 saturated heterocycles. The van der Waals surface area contributed by atoms with E-state index in [9.17, 15) is 17.2 Å². The minimum Gasteiger partial charge on any atom is -0.487 e. The van der Waals surface area contributed by atoms with Crippen LogP contribution in [-0.2, 0) is 21.6 Å². The molecule has 5 aromatic rings. The predicted molar refractivity (Wildman–Crippen MR) is 155 cm³/mol. The lowest BCUT2D eigenvalue weighted by molar-refractivity contribution is 0.0552. The molecule has 0 bridgehead atoms. The molecule has 0 saturated carbocycles. The third kappa shape index (κ3) is 5.02. The standard InChI is InChI=1S/C30H31F2N5O4S/c1-18-28(36(2)35-34-18)21-15-22-27(33-16-21)26-23(41-17-25(31)32)9-10-24(42(3,38)39)30(26)37(22)29(19-7-5-4-6-8-19)20-11-13-40-14-12-20/h4-10,15-16,20,25,29H,11-14,17H2,1-3H3/t29-/m1/s1/i1D3. The maximum Gasteiger partial charge on any atom is 0.272 e. The van der Waals surface area contributed by atoms with Crippen LogP contribution in [0.1, 0.15) is 34.3 Å². The Labute approximate surface area is 246 Å². The van der Waals surface area contributed by atoms with Crippen LogP contribution in [0.5, 0.6) is 5.75 Å². The van der Waals surface area contributed by atoms with Crippen molar-refractivity contribution in [2.24, 2.45) is 13.0 Å². The van der Waals surface area contributed by atoms with Crippen LogP contribution in [0.4, 0.5) is 8.78 Å². The Hall–Kier alpha value is -3.90. The fourth-order valence-corrected chi connectivity index (χ4v) is 6.82. The highest BCUT2D eigenvalue weighted by Crippen LogP contribution is 2.45. The van der Waals surface area contributed by atoms with E-state index in [-0.39, 0.29) is 38.9 Å². The number of fused-ring (bicyclic) bond motifs is 3. The Balaban J connectivity index is 1.77. The Morgan fingerprint density at radius 3 is 2.62 bits per heavy atom. The van der Waals surface area contributed by atoms with Crippen LogP contribution in [0.15, 0.2) is 59.6 Å². The van der Waals surface area contributed by atoms with Crippen LogP contribution in [0, 0.1) is 12.8 Å². The lowest BCUT2D eigenvalue weighted by Crippen LogP contribution is -2.27. The molecule has 0 amide bonds. The lowest BCUT2D eigenvalue weighted by Gasteiger charge is -2.33. The van der Waals surface area contributed by atoms with Gasteiger partial charge in [0.2, 0.25) is 0 Å². The number of aryl methyl sites for hydroxylation is 2. The van der Waals surface area contributed by atoms with Gasteiger partial charge < -0.3 is 14.0 Å². The zero-order valence-corrected chi connectivity index (χ0v) is 23.8. The number of rotatable bonds is 8. The first-order valence-corrected chi connectivity index (χ1v) is 15.4. The van der Waals surface area contributed by atoms with Crippen LogP contribution in [-0.4, -0.2) is 65.5 Å². The molecule has 3 aromatic heterocycles. The number of hydrogen-bond donors (Lipinski definition) is 0. The number of benzene rings is 2. The van der Waals surface area contributed by atoms with E-state index in [0.29, 0.717) is 42.7 Å². The van der Waals surface area contributed by atoms with Gasteiger partial charge in [0, 0.05) is 42.4 Å². The van der Waals surface area contributed by atoms with Gasteiger partial charge in [-0.15, -0.1) is 5.10 Å². The topological polar surface area (TPSA) is 101 Å². The third-order valence-electron chi connectivity index (χ3n) is 7.70. The predicted octanol–water partition coefficient (Wildman–Crippen LogP) is 5.36. The van der Waals surface area contributed by atoms with Crippen molar-refractivity contribution in [2.75, 3.05) is 26.1 Å². The Kier molecular flexibility index (Phi) is 6.50. The van der Waals surface area contributed by atoms with Crippen LogP contribution < -0.4 is 4.74 Å². The van der Waals surface area contributed by atoms with E-state index in [1.54, 1.807) is 13.1 Å². The van der Waals surface area contributed by atoms with Crippen molar-refractivity contribution < 1.29 is 30.8 Å². The summed E-state index contributed by atoms with van der Waals surface area (Å²) in [5, 5.41) is 8.12. The summed E-state index contributed by atoms with van der Waals surface area (Å²) < 4.78 is 92.0. The SMILES string of the molecule is [2H]C([2H])([2H])c1nnn(C)c1-c1cnc2c3c(OCC(F)F)ccc(S(C)(=O)=O)c3n([C@H](c3ccccc3)C3CCOCC3)c2c1. The molecule has 0 spiro atoms. The van der Waals surface area contributed by atoms with E-state index >= 15 is 0 Å². The van der Waals surface area contributed by atoms with Gasteiger partial charge in [-0.1, -0.05) is 35.5 Å². The van der Waals surface area contributed by atoms with Gasteiger partial charge >= 0.3 is 0 Å². The summed E-state index contributed by atoms with van der Waals surface area (Å²) in [5.41, 5.74) is 2.36. The second kappa shape index (κ2) is 11.1. The van der Waals surface area contributed by atoms with E-state index in [4.69, 9.17) is 18.6 Å². The minimum absolute atomic E-state index is 0.00189. The van der Waals surface area contributed by atoms with Crippen molar-refractivity contribution in [1.29, 1.82) is 0 Å². The summed E-state index contributed by atoms with van der Waals surface area (Å²) in [6, 6.07) is 13.7. The summed E-state index contributed by atoms with van der Waals surface area (Å²) in [4.78, 5) is 4.71. The zero-order valence-electron chi connectivity index (χ0n) is 26.0. The minimum atomic E-state index is -3.86. The number of halogens is 2. The molecule has 4 heterocycles. The van der Waals surface area contributed by atoms with Gasteiger partial charge in [-0.2, -0.15) is 0 Å². The molecule has 220 valence electrons. The van der Waals surface area contributed by atoms with E-state index < -0.39 is 35.8 Å². The molecule has 2 aromatic carbocycles. The van der Waals surface area contributed by atoms with Gasteiger partial charge in [0.25, 0.3) is 6.43 Å². The number of hydrogen-bond acceptors (Lipinski definition) is 7. The molecule has 0 unspecified atom stereocenters. The molecule has 9 nitrogen and oxygen atoms in total. The number of pyridine rings is 1. The molecule has 0 radical (unpaired) electrons. The summed E-state index contributed by atoms with van der Waals surface area (Å²) in [6.45, 7) is -2.44. The van der Waals surface area contributed by atoms with Crippen molar-refractivity contribution in [3.63, 3.8) is 0 Å². The first kappa shape index (κ1) is 24.7. The molecule has 42 heavy (non-hydrogen) atoms. The summed E-state index contributed by atoms with van der Waals surface area (Å²) in [5.74, 6) is 0.0591. The highest BCUT2D eigenvalue weighted by atomic mass is 32.2. The fourth-order valence-electron chi connectivity index (χ4n) is 5.96. The van der Waals surface area contributed by atoms with Gasteiger partial charge in [-0.05, 0) is 49.4 Å². The summed E-state index contributed by atoms with van der Waals surface area (Å²) >= 11 is 0. The Bertz CT molecular complexity index is 1970. The van der Waals surface area contributed by atoms with Crippen molar-refractivity contribution in [1.82, 2.24) is 24.5 Å². The van der Waals surface area contributed by atoms with E-state index in [0.717, 1.165) is 11.8 Å². The highest BCUT2D eigenvalue weighted by molar-refractivity contribution is 7.91. The van der Waals surface area contributed by atoms with Gasteiger partial charge in [0.1, 0.15) is 12.4 Å². The molecule has 1 fully saturated rings. The maximum absolute atomic E-state index is 13.4. The number of aromatic nitrogens is 5. The third-order valence-corrected chi connectivity index (χ3v) is 8.83. The molecule has 1 aliphatic heterocycles. The number of alkyl halides is 2. The Morgan fingerprint density at radius 1 is 1.17 bits per heavy atom. The second-order valence-electron chi connectivity index (χ2n) is 10.4. The first-order chi connectivity index (χ1) is 21.4. The largest absolute Gasteiger partial charge is 0.487 e. The van der Waals surface area contributed by atoms with Crippen molar-refractivity contribution in [3.8, 4) is 17.0 Å². The monoisotopic (exact) mass is 598 g/mol. The molecular formula is C30H31F2N5O4S.